The van der Waals surface area contributed by atoms with Gasteiger partial charge in [-0.15, -0.1) is 0 Å². The van der Waals surface area contributed by atoms with Gasteiger partial charge in [-0.2, -0.15) is 30.7 Å². The van der Waals surface area contributed by atoms with Crippen molar-refractivity contribution in [2.24, 2.45) is 5.92 Å². The monoisotopic (exact) mass is 409 g/mol. The van der Waals surface area contributed by atoms with Gasteiger partial charge in [-0.3, -0.25) is 9.59 Å². The van der Waals surface area contributed by atoms with Crippen LogP contribution < -0.4 is 5.32 Å². The van der Waals surface area contributed by atoms with Crippen LogP contribution in [0.3, 0.4) is 0 Å². The fourth-order valence-corrected chi connectivity index (χ4v) is 2.91. The Hall–Kier alpha value is -1.55. The molecular weight excluding hydrogens is 387 g/mol. The Morgan fingerprint density at radius 1 is 1.04 bits per heavy atom. The normalized spacial score (nSPS) is 21.6. The molecule has 2 unspecified atom stereocenters. The molecule has 158 valence electrons. The van der Waals surface area contributed by atoms with Gasteiger partial charge < -0.3 is 10.1 Å². The molecule has 0 aliphatic heterocycles. The van der Waals surface area contributed by atoms with Gasteiger partial charge in [-0.1, -0.05) is 19.8 Å². The first-order valence-electron chi connectivity index (χ1n) is 8.63. The second-order valence-corrected chi connectivity index (χ2v) is 6.53. The van der Waals surface area contributed by atoms with E-state index < -0.39 is 41.9 Å². The van der Waals surface area contributed by atoms with Crippen molar-refractivity contribution in [1.29, 1.82) is 0 Å². The van der Waals surface area contributed by atoms with Gasteiger partial charge in [0.1, 0.15) is 0 Å². The first kappa shape index (κ1) is 23.5. The molecule has 1 aliphatic rings. The molecule has 1 aliphatic carbocycles. The Kier molecular flexibility index (Phi) is 7.91. The summed E-state index contributed by atoms with van der Waals surface area (Å²) in [5.74, 6) is -16.1. The molecular formula is C16H22F7NO3. The van der Waals surface area contributed by atoms with E-state index in [1.165, 1.54) is 0 Å². The van der Waals surface area contributed by atoms with Crippen LogP contribution in [0, 0.1) is 5.92 Å². The molecule has 1 amide bonds. The molecule has 0 radical (unpaired) electrons. The second kappa shape index (κ2) is 9.09. The third-order valence-electron chi connectivity index (χ3n) is 4.45. The van der Waals surface area contributed by atoms with Crippen LogP contribution in [0.5, 0.6) is 0 Å². The van der Waals surface area contributed by atoms with E-state index in [4.69, 9.17) is 4.74 Å². The van der Waals surface area contributed by atoms with Gasteiger partial charge in [-0.05, 0) is 31.6 Å². The van der Waals surface area contributed by atoms with Gasteiger partial charge in [0.25, 0.3) is 5.91 Å². The zero-order chi connectivity index (χ0) is 20.9. The molecule has 0 aromatic carbocycles. The molecule has 0 aromatic heterocycles. The topological polar surface area (TPSA) is 55.4 Å². The van der Waals surface area contributed by atoms with Crippen LogP contribution in [0.1, 0.15) is 51.9 Å². The van der Waals surface area contributed by atoms with Crippen LogP contribution in [0.15, 0.2) is 0 Å². The number of carbonyl (C=O) groups excluding carboxylic acids is 2. The van der Waals surface area contributed by atoms with E-state index >= 15 is 0 Å². The molecule has 2 atom stereocenters. The maximum absolute atomic E-state index is 13.5. The van der Waals surface area contributed by atoms with Gasteiger partial charge in [0.15, 0.2) is 0 Å². The first-order valence-corrected chi connectivity index (χ1v) is 8.63. The third-order valence-corrected chi connectivity index (χ3v) is 4.45. The number of hydrogen-bond acceptors (Lipinski definition) is 3. The molecule has 1 N–H and O–H groups in total. The van der Waals surface area contributed by atoms with Crippen LogP contribution in [-0.2, 0) is 14.3 Å². The average Bonchev–Trinajstić information content (AvgIpc) is 2.57. The maximum Gasteiger partial charge on any atom is 0.460 e. The summed E-state index contributed by atoms with van der Waals surface area (Å²) in [4.78, 5) is 23.0. The molecule has 1 rings (SSSR count). The van der Waals surface area contributed by atoms with E-state index in [9.17, 15) is 40.3 Å². The fourth-order valence-electron chi connectivity index (χ4n) is 2.91. The minimum Gasteiger partial charge on any atom is -0.466 e. The lowest BCUT2D eigenvalue weighted by molar-refractivity contribution is -0.344. The van der Waals surface area contributed by atoms with Crippen molar-refractivity contribution in [1.82, 2.24) is 5.32 Å². The van der Waals surface area contributed by atoms with Gasteiger partial charge in [0.05, 0.1) is 6.61 Å². The lowest BCUT2D eigenvalue weighted by Crippen LogP contribution is -2.61. The van der Waals surface area contributed by atoms with Crippen LogP contribution in [0.2, 0.25) is 0 Å². The smallest absolute Gasteiger partial charge is 0.460 e. The highest BCUT2D eigenvalue weighted by molar-refractivity contribution is 5.85. The number of carbonyl (C=O) groups is 2. The predicted octanol–water partition coefficient (Wildman–Crippen LogP) is 4.23. The van der Waals surface area contributed by atoms with E-state index in [0.717, 1.165) is 0 Å². The van der Waals surface area contributed by atoms with Crippen LogP contribution >= 0.6 is 0 Å². The maximum atomic E-state index is 13.5. The average molecular weight is 409 g/mol. The number of halogens is 7. The molecule has 27 heavy (non-hydrogen) atoms. The number of hydrogen-bond donors (Lipinski definition) is 1. The summed E-state index contributed by atoms with van der Waals surface area (Å²) in [5, 5.41) is 1.63. The van der Waals surface area contributed by atoms with Gasteiger partial charge in [0, 0.05) is 12.5 Å². The summed E-state index contributed by atoms with van der Waals surface area (Å²) < 4.78 is 94.4. The standard InChI is InChI=1S/C16H22F7NO3/c1-2-9-27-12(25)8-7-10-5-3-4-6-11(10)24-13(26)14(17,18)15(19,20)16(21,22)23/h10-11H,2-9H2,1H3,(H,24,26). The highest BCUT2D eigenvalue weighted by Gasteiger charge is 2.76. The first-order chi connectivity index (χ1) is 12.3. The van der Waals surface area contributed by atoms with Crippen molar-refractivity contribution < 1.29 is 45.1 Å². The molecule has 0 heterocycles. The quantitative estimate of drug-likeness (QED) is 0.482. The number of ether oxygens (including phenoxy) is 1. The number of alkyl halides is 7. The molecule has 4 nitrogen and oxygen atoms in total. The third kappa shape index (κ3) is 5.71. The Balaban J connectivity index is 2.75. The van der Waals surface area contributed by atoms with E-state index in [2.05, 4.69) is 0 Å². The molecule has 11 heteroatoms. The van der Waals surface area contributed by atoms with Gasteiger partial charge in [-0.25, -0.2) is 0 Å². The predicted molar refractivity (Wildman–Crippen MR) is 80.3 cm³/mol. The Bertz CT molecular complexity index is 523. The number of esters is 1. The van der Waals surface area contributed by atoms with Crippen LogP contribution in [0.25, 0.3) is 0 Å². The summed E-state index contributed by atoms with van der Waals surface area (Å²) >= 11 is 0. The van der Waals surface area contributed by atoms with Crippen molar-refractivity contribution in [2.45, 2.75) is 75.9 Å². The molecule has 0 aromatic rings. The van der Waals surface area contributed by atoms with Crippen molar-refractivity contribution in [3.63, 3.8) is 0 Å². The summed E-state index contributed by atoms with van der Waals surface area (Å²) in [5.41, 5.74) is 0. The van der Waals surface area contributed by atoms with Gasteiger partial charge in [0.2, 0.25) is 0 Å². The molecule has 0 spiro atoms. The zero-order valence-electron chi connectivity index (χ0n) is 14.7. The van der Waals surface area contributed by atoms with E-state index in [-0.39, 0.29) is 25.9 Å². The van der Waals surface area contributed by atoms with Crippen molar-refractivity contribution in [3.8, 4) is 0 Å². The highest BCUT2D eigenvalue weighted by atomic mass is 19.4. The Morgan fingerprint density at radius 2 is 1.63 bits per heavy atom. The van der Waals surface area contributed by atoms with Crippen molar-refractivity contribution >= 4 is 11.9 Å². The minimum atomic E-state index is -6.57. The zero-order valence-corrected chi connectivity index (χ0v) is 14.7. The number of nitrogens with one attached hydrogen (secondary N) is 1. The minimum absolute atomic E-state index is 0.0634. The molecule has 0 saturated heterocycles. The Morgan fingerprint density at radius 3 is 2.19 bits per heavy atom. The Labute approximate surface area is 151 Å². The molecule has 0 bridgehead atoms. The van der Waals surface area contributed by atoms with E-state index in [0.29, 0.717) is 25.7 Å². The lowest BCUT2D eigenvalue weighted by atomic mass is 9.81. The van der Waals surface area contributed by atoms with Crippen LogP contribution in [-0.4, -0.2) is 42.5 Å². The fraction of sp³-hybridized carbons (Fsp3) is 0.875. The number of amides is 1. The van der Waals surface area contributed by atoms with Crippen molar-refractivity contribution in [2.75, 3.05) is 6.61 Å². The summed E-state index contributed by atoms with van der Waals surface area (Å²) in [6, 6.07) is -1.01. The van der Waals surface area contributed by atoms with Gasteiger partial charge >= 0.3 is 24.0 Å². The summed E-state index contributed by atoms with van der Waals surface area (Å²) in [6.45, 7) is 2.00. The second-order valence-electron chi connectivity index (χ2n) is 6.53. The van der Waals surface area contributed by atoms with Crippen LogP contribution in [0.4, 0.5) is 30.7 Å². The van der Waals surface area contributed by atoms with E-state index in [1.807, 2.05) is 0 Å². The largest absolute Gasteiger partial charge is 0.466 e. The summed E-state index contributed by atoms with van der Waals surface area (Å²) in [7, 11) is 0. The lowest BCUT2D eigenvalue weighted by Gasteiger charge is -2.34. The van der Waals surface area contributed by atoms with E-state index in [1.54, 1.807) is 12.2 Å². The SMILES string of the molecule is CCCOC(=O)CCC1CCCCC1NC(=O)C(F)(F)C(F)(F)C(F)(F)F. The molecule has 1 fully saturated rings. The molecule has 1 saturated carbocycles. The number of rotatable bonds is 8. The summed E-state index contributed by atoms with van der Waals surface area (Å²) in [6.07, 6.45) is -4.15. The van der Waals surface area contributed by atoms with Crippen molar-refractivity contribution in [3.05, 3.63) is 0 Å². The highest BCUT2D eigenvalue weighted by Crippen LogP contribution is 2.46.